The van der Waals surface area contributed by atoms with Gasteiger partial charge in [0.2, 0.25) is 5.91 Å². The molecule has 0 saturated heterocycles. The predicted molar refractivity (Wildman–Crippen MR) is 156 cm³/mol. The lowest BCUT2D eigenvalue weighted by Gasteiger charge is -2.24. The molecule has 0 aliphatic heterocycles. The van der Waals surface area contributed by atoms with E-state index in [-0.39, 0.29) is 24.4 Å². The molecule has 0 spiro atoms. The van der Waals surface area contributed by atoms with Crippen molar-refractivity contribution in [3.8, 4) is 22.6 Å². The summed E-state index contributed by atoms with van der Waals surface area (Å²) in [5, 5.41) is 10.7. The van der Waals surface area contributed by atoms with Crippen molar-refractivity contribution < 1.29 is 14.3 Å². The maximum absolute atomic E-state index is 13.5. The minimum Gasteiger partial charge on any atom is -0.497 e. The van der Waals surface area contributed by atoms with Crippen molar-refractivity contribution in [2.24, 2.45) is 5.92 Å². The van der Waals surface area contributed by atoms with Gasteiger partial charge in [-0.05, 0) is 61.7 Å². The highest BCUT2D eigenvalue weighted by Crippen LogP contribution is 2.33. The van der Waals surface area contributed by atoms with Crippen LogP contribution in [0.15, 0.2) is 78.9 Å². The highest BCUT2D eigenvalue weighted by molar-refractivity contribution is 5.99. The summed E-state index contributed by atoms with van der Waals surface area (Å²) in [6, 6.07) is 24.5. The van der Waals surface area contributed by atoms with Crippen LogP contribution in [0.3, 0.4) is 0 Å². The maximum atomic E-state index is 13.5. The van der Waals surface area contributed by atoms with Gasteiger partial charge in [0.1, 0.15) is 18.1 Å². The molecule has 1 aromatic heterocycles. The molecular weight excluding hydrogens is 490 g/mol. The van der Waals surface area contributed by atoms with Gasteiger partial charge in [-0.15, -0.1) is 0 Å². The van der Waals surface area contributed by atoms with E-state index in [1.807, 2.05) is 82.3 Å². The van der Waals surface area contributed by atoms with Gasteiger partial charge in [0.25, 0.3) is 0 Å². The van der Waals surface area contributed by atoms with Crippen molar-refractivity contribution in [3.05, 3.63) is 90.1 Å². The van der Waals surface area contributed by atoms with Crippen LogP contribution in [-0.4, -0.2) is 46.8 Å². The van der Waals surface area contributed by atoms with Crippen molar-refractivity contribution in [1.29, 1.82) is 0 Å². The van der Waals surface area contributed by atoms with Crippen LogP contribution in [0, 0.1) is 19.8 Å². The van der Waals surface area contributed by atoms with Gasteiger partial charge in [0.05, 0.1) is 18.5 Å². The number of anilines is 2. The van der Waals surface area contributed by atoms with Gasteiger partial charge in [-0.25, -0.2) is 9.48 Å². The van der Waals surface area contributed by atoms with E-state index < -0.39 is 0 Å². The third kappa shape index (κ3) is 6.84. The number of carbonyl (C=O) groups is 2. The standard InChI is InChI=1S/C31H35N5O3/c1-21(2)19-35(31(38)32-25-13-17-27(39-5)18-14-25)20-28(37)33-30-29(24-9-7-6-8-10-24)23(4)34-36(30)26-15-11-22(3)12-16-26/h6-18,21H,19-20H2,1-5H3,(H,32,38)(H,33,37). The molecule has 2 N–H and O–H groups in total. The summed E-state index contributed by atoms with van der Waals surface area (Å²) in [5.74, 6) is 1.11. The third-order valence-corrected chi connectivity index (χ3v) is 6.21. The van der Waals surface area contributed by atoms with E-state index in [0.29, 0.717) is 23.8 Å². The average molecular weight is 526 g/mol. The molecule has 8 nitrogen and oxygen atoms in total. The van der Waals surface area contributed by atoms with E-state index in [0.717, 1.165) is 28.1 Å². The van der Waals surface area contributed by atoms with E-state index in [1.54, 1.807) is 36.1 Å². The molecule has 0 atom stereocenters. The number of carbonyl (C=O) groups excluding carboxylic acids is 2. The largest absolute Gasteiger partial charge is 0.497 e. The fourth-order valence-corrected chi connectivity index (χ4v) is 4.35. The third-order valence-electron chi connectivity index (χ3n) is 6.21. The summed E-state index contributed by atoms with van der Waals surface area (Å²) >= 11 is 0. The molecule has 0 saturated carbocycles. The van der Waals surface area contributed by atoms with Crippen LogP contribution in [0.4, 0.5) is 16.3 Å². The Morgan fingerprint density at radius 2 is 1.59 bits per heavy atom. The molecule has 0 bridgehead atoms. The first-order chi connectivity index (χ1) is 18.7. The number of rotatable bonds is 9. The molecule has 4 rings (SSSR count). The monoisotopic (exact) mass is 525 g/mol. The van der Waals surface area contributed by atoms with Gasteiger partial charge in [-0.3, -0.25) is 4.79 Å². The van der Waals surface area contributed by atoms with E-state index in [9.17, 15) is 9.59 Å². The SMILES string of the molecule is COc1ccc(NC(=O)N(CC(=O)Nc2c(-c3ccccc3)c(C)nn2-c2ccc(C)cc2)CC(C)C)cc1. The van der Waals surface area contributed by atoms with Gasteiger partial charge in [-0.2, -0.15) is 5.10 Å². The summed E-state index contributed by atoms with van der Waals surface area (Å²) in [7, 11) is 1.59. The Labute approximate surface area is 229 Å². The number of amides is 3. The van der Waals surface area contributed by atoms with Crippen molar-refractivity contribution >= 4 is 23.4 Å². The Kier molecular flexibility index (Phi) is 8.66. The molecule has 3 amide bonds. The molecule has 4 aromatic rings. The first-order valence-electron chi connectivity index (χ1n) is 13.0. The number of urea groups is 1. The number of hydrogen-bond donors (Lipinski definition) is 2. The van der Waals surface area contributed by atoms with Crippen LogP contribution < -0.4 is 15.4 Å². The van der Waals surface area contributed by atoms with Crippen LogP contribution in [0.25, 0.3) is 16.8 Å². The lowest BCUT2D eigenvalue weighted by atomic mass is 10.1. The Balaban J connectivity index is 1.61. The van der Waals surface area contributed by atoms with E-state index in [4.69, 9.17) is 9.84 Å². The maximum Gasteiger partial charge on any atom is 0.322 e. The Hall–Kier alpha value is -4.59. The topological polar surface area (TPSA) is 88.5 Å². The van der Waals surface area contributed by atoms with Crippen molar-refractivity contribution in [2.45, 2.75) is 27.7 Å². The zero-order valence-electron chi connectivity index (χ0n) is 23.1. The van der Waals surface area contributed by atoms with Crippen LogP contribution in [0.2, 0.25) is 0 Å². The number of methoxy groups -OCH3 is 1. The second-order valence-corrected chi connectivity index (χ2v) is 9.90. The Morgan fingerprint density at radius 1 is 0.923 bits per heavy atom. The molecule has 0 aliphatic carbocycles. The summed E-state index contributed by atoms with van der Waals surface area (Å²) in [6.45, 7) is 8.26. The van der Waals surface area contributed by atoms with E-state index >= 15 is 0 Å². The number of ether oxygens (including phenoxy) is 1. The quantitative estimate of drug-likeness (QED) is 0.269. The normalized spacial score (nSPS) is 10.8. The molecule has 0 unspecified atom stereocenters. The van der Waals surface area contributed by atoms with Gasteiger partial charge < -0.3 is 20.3 Å². The van der Waals surface area contributed by atoms with Gasteiger partial charge in [0.15, 0.2) is 0 Å². The number of aryl methyl sites for hydroxylation is 2. The molecular formula is C31H35N5O3. The van der Waals surface area contributed by atoms with Gasteiger partial charge in [-0.1, -0.05) is 61.9 Å². The highest BCUT2D eigenvalue weighted by atomic mass is 16.5. The smallest absolute Gasteiger partial charge is 0.322 e. The zero-order valence-corrected chi connectivity index (χ0v) is 23.1. The first kappa shape index (κ1) is 27.4. The summed E-state index contributed by atoms with van der Waals surface area (Å²) in [4.78, 5) is 28.2. The summed E-state index contributed by atoms with van der Waals surface area (Å²) in [6.07, 6.45) is 0. The van der Waals surface area contributed by atoms with Crippen molar-refractivity contribution in [1.82, 2.24) is 14.7 Å². The number of nitrogens with one attached hydrogen (secondary N) is 2. The lowest BCUT2D eigenvalue weighted by molar-refractivity contribution is -0.116. The fourth-order valence-electron chi connectivity index (χ4n) is 4.35. The zero-order chi connectivity index (χ0) is 27.9. The van der Waals surface area contributed by atoms with Crippen molar-refractivity contribution in [2.75, 3.05) is 30.8 Å². The van der Waals surface area contributed by atoms with Gasteiger partial charge in [0, 0.05) is 17.8 Å². The van der Waals surface area contributed by atoms with Crippen molar-refractivity contribution in [3.63, 3.8) is 0 Å². The molecule has 1 heterocycles. The molecule has 202 valence electrons. The van der Waals surface area contributed by atoms with Gasteiger partial charge >= 0.3 is 6.03 Å². The van der Waals surface area contributed by atoms with Crippen LogP contribution in [-0.2, 0) is 4.79 Å². The van der Waals surface area contributed by atoms with E-state index in [2.05, 4.69) is 10.6 Å². The number of aromatic nitrogens is 2. The molecule has 8 heteroatoms. The average Bonchev–Trinajstić information content (AvgIpc) is 3.24. The summed E-state index contributed by atoms with van der Waals surface area (Å²) in [5.41, 5.74) is 5.14. The molecule has 0 aliphatic rings. The minimum absolute atomic E-state index is 0.119. The number of hydrogen-bond acceptors (Lipinski definition) is 4. The second kappa shape index (κ2) is 12.3. The number of nitrogens with zero attached hydrogens (tertiary/aromatic N) is 3. The highest BCUT2D eigenvalue weighted by Gasteiger charge is 2.23. The molecule has 0 radical (unpaired) electrons. The molecule has 0 fully saturated rings. The van der Waals surface area contributed by atoms with Crippen LogP contribution in [0.5, 0.6) is 5.75 Å². The van der Waals surface area contributed by atoms with Crippen LogP contribution in [0.1, 0.15) is 25.1 Å². The minimum atomic E-state index is -0.351. The van der Waals surface area contributed by atoms with E-state index in [1.165, 1.54) is 4.90 Å². The number of benzene rings is 3. The lowest BCUT2D eigenvalue weighted by Crippen LogP contribution is -2.42. The Bertz CT molecular complexity index is 1410. The molecule has 39 heavy (non-hydrogen) atoms. The Morgan fingerprint density at radius 3 is 2.21 bits per heavy atom. The summed E-state index contributed by atoms with van der Waals surface area (Å²) < 4.78 is 6.94. The fraction of sp³-hybridized carbons (Fsp3) is 0.258. The predicted octanol–water partition coefficient (Wildman–Crippen LogP) is 6.29. The molecule has 3 aromatic carbocycles. The van der Waals surface area contributed by atoms with Crippen LogP contribution >= 0.6 is 0 Å². The second-order valence-electron chi connectivity index (χ2n) is 9.90. The first-order valence-corrected chi connectivity index (χ1v) is 13.0.